The van der Waals surface area contributed by atoms with E-state index in [-0.39, 0.29) is 0 Å². The van der Waals surface area contributed by atoms with E-state index in [2.05, 4.69) is 10.9 Å². The van der Waals surface area contributed by atoms with Crippen LogP contribution in [-0.2, 0) is 9.59 Å². The molecule has 6 nitrogen and oxygen atoms in total. The summed E-state index contributed by atoms with van der Waals surface area (Å²) < 4.78 is 0. The highest BCUT2D eigenvalue weighted by molar-refractivity contribution is 7.10. The van der Waals surface area contributed by atoms with Gasteiger partial charge in [-0.05, 0) is 39.7 Å². The minimum Gasteiger partial charge on any atom is -0.481 e. The number of carbonyl (C=O) groups excluding carboxylic acids is 2. The first-order valence-corrected chi connectivity index (χ1v) is 8.21. The third-order valence-electron chi connectivity index (χ3n) is 4.21. The van der Waals surface area contributed by atoms with Crippen molar-refractivity contribution in [1.29, 1.82) is 0 Å². The van der Waals surface area contributed by atoms with Gasteiger partial charge in [-0.15, -0.1) is 11.3 Å². The topological polar surface area (TPSA) is 95.5 Å². The molecule has 0 unspecified atom stereocenters. The van der Waals surface area contributed by atoms with Crippen LogP contribution in [0.15, 0.2) is 22.6 Å². The number of carboxylic acids is 1. The van der Waals surface area contributed by atoms with Crippen molar-refractivity contribution in [1.82, 2.24) is 10.9 Å². The first kappa shape index (κ1) is 17.2. The molecule has 2 atom stereocenters. The molecular weight excluding hydrogens is 316 g/mol. The number of hydrazine groups is 1. The number of carbonyl (C=O) groups is 3. The van der Waals surface area contributed by atoms with Crippen molar-refractivity contribution < 1.29 is 19.5 Å². The molecule has 1 aliphatic carbocycles. The Bertz CT molecular complexity index is 677. The summed E-state index contributed by atoms with van der Waals surface area (Å²) in [5, 5.41) is 11.0. The fourth-order valence-electron chi connectivity index (χ4n) is 2.67. The molecular formula is C16H20N2O4S. The van der Waals surface area contributed by atoms with Crippen LogP contribution in [0.1, 0.15) is 41.9 Å². The van der Waals surface area contributed by atoms with Crippen LogP contribution < -0.4 is 10.9 Å². The molecule has 1 aliphatic rings. The molecule has 1 heterocycles. The fraction of sp³-hybridized carbons (Fsp3) is 0.438. The number of nitrogens with one attached hydrogen (secondary N) is 2. The Morgan fingerprint density at radius 1 is 1.09 bits per heavy atom. The zero-order valence-corrected chi connectivity index (χ0v) is 14.1. The standard InChI is InChI=1S/C16H20N2O4S/c1-8-4-12(13(16(21)22)5-9(8)2)15(20)18-17-14(19)11-6-10(3)23-7-11/h6-7,12-13H,4-5H2,1-3H3,(H,17,19)(H,18,20)(H,21,22)/t12-,13+/m0/s1. The molecule has 0 radical (unpaired) electrons. The van der Waals surface area contributed by atoms with Gasteiger partial charge in [-0.1, -0.05) is 11.1 Å². The quantitative estimate of drug-likeness (QED) is 0.583. The molecule has 0 fully saturated rings. The summed E-state index contributed by atoms with van der Waals surface area (Å²) in [6, 6.07) is 1.73. The van der Waals surface area contributed by atoms with E-state index in [1.807, 2.05) is 20.8 Å². The molecule has 2 amide bonds. The molecule has 3 N–H and O–H groups in total. The van der Waals surface area contributed by atoms with Crippen LogP contribution in [0.3, 0.4) is 0 Å². The van der Waals surface area contributed by atoms with Gasteiger partial charge in [0, 0.05) is 10.3 Å². The van der Waals surface area contributed by atoms with Crippen molar-refractivity contribution in [3.8, 4) is 0 Å². The number of carboxylic acid groups (broad SMARTS) is 1. The molecule has 0 saturated heterocycles. The summed E-state index contributed by atoms with van der Waals surface area (Å²) in [5.74, 6) is -3.31. The summed E-state index contributed by atoms with van der Waals surface area (Å²) >= 11 is 1.44. The second kappa shape index (κ2) is 6.95. The predicted octanol–water partition coefficient (Wildman–Crippen LogP) is 2.26. The van der Waals surface area contributed by atoms with Gasteiger partial charge < -0.3 is 5.11 Å². The third-order valence-corrected chi connectivity index (χ3v) is 5.07. The van der Waals surface area contributed by atoms with E-state index in [0.717, 1.165) is 16.0 Å². The second-order valence-electron chi connectivity index (χ2n) is 5.91. The molecule has 23 heavy (non-hydrogen) atoms. The van der Waals surface area contributed by atoms with Crippen molar-refractivity contribution in [3.05, 3.63) is 33.0 Å². The van der Waals surface area contributed by atoms with Gasteiger partial charge in [0.1, 0.15) is 0 Å². The number of aryl methyl sites for hydroxylation is 1. The van der Waals surface area contributed by atoms with E-state index >= 15 is 0 Å². The SMILES string of the molecule is CC1=C(C)C[C@@H](C(=O)O)[C@@H](C(=O)NNC(=O)c2csc(C)c2)C1. The van der Waals surface area contributed by atoms with E-state index < -0.39 is 29.6 Å². The minimum absolute atomic E-state index is 0.358. The Labute approximate surface area is 138 Å². The lowest BCUT2D eigenvalue weighted by Crippen LogP contribution is -2.48. The fourth-order valence-corrected chi connectivity index (χ4v) is 3.36. The largest absolute Gasteiger partial charge is 0.481 e. The maximum absolute atomic E-state index is 12.3. The average Bonchev–Trinajstić information content (AvgIpc) is 2.93. The van der Waals surface area contributed by atoms with Crippen LogP contribution in [0.2, 0.25) is 0 Å². The normalized spacial score (nSPS) is 21.0. The van der Waals surface area contributed by atoms with Gasteiger partial charge in [0.2, 0.25) is 5.91 Å². The van der Waals surface area contributed by atoms with Crippen LogP contribution in [-0.4, -0.2) is 22.9 Å². The first-order valence-electron chi connectivity index (χ1n) is 7.33. The zero-order valence-electron chi connectivity index (χ0n) is 13.3. The van der Waals surface area contributed by atoms with Gasteiger partial charge in [0.15, 0.2) is 0 Å². The van der Waals surface area contributed by atoms with Crippen molar-refractivity contribution in [2.75, 3.05) is 0 Å². The lowest BCUT2D eigenvalue weighted by Gasteiger charge is -2.29. The molecule has 2 rings (SSSR count). The summed E-state index contributed by atoms with van der Waals surface area (Å²) in [6.45, 7) is 5.68. The Morgan fingerprint density at radius 3 is 2.22 bits per heavy atom. The Balaban J connectivity index is 2.01. The molecule has 1 aromatic heterocycles. The average molecular weight is 336 g/mol. The van der Waals surface area contributed by atoms with Crippen LogP contribution >= 0.6 is 11.3 Å². The number of aliphatic carboxylic acids is 1. The van der Waals surface area contributed by atoms with Gasteiger partial charge in [-0.3, -0.25) is 25.2 Å². The van der Waals surface area contributed by atoms with Gasteiger partial charge in [-0.2, -0.15) is 0 Å². The summed E-state index contributed by atoms with van der Waals surface area (Å²) in [5.41, 5.74) is 7.23. The maximum Gasteiger partial charge on any atom is 0.307 e. The van der Waals surface area contributed by atoms with Crippen LogP contribution in [0.4, 0.5) is 0 Å². The lowest BCUT2D eigenvalue weighted by molar-refractivity contribution is -0.147. The van der Waals surface area contributed by atoms with Crippen LogP contribution in [0, 0.1) is 18.8 Å². The zero-order chi connectivity index (χ0) is 17.1. The summed E-state index contributed by atoms with van der Waals surface area (Å²) in [6.07, 6.45) is 0.749. The monoisotopic (exact) mass is 336 g/mol. The van der Waals surface area contributed by atoms with E-state index in [4.69, 9.17) is 0 Å². The first-order chi connectivity index (χ1) is 10.8. The number of hydrogen-bond acceptors (Lipinski definition) is 4. The molecule has 0 spiro atoms. The molecule has 0 saturated carbocycles. The number of thiophene rings is 1. The highest BCUT2D eigenvalue weighted by Gasteiger charge is 2.37. The molecule has 124 valence electrons. The predicted molar refractivity (Wildman–Crippen MR) is 86.9 cm³/mol. The summed E-state index contributed by atoms with van der Waals surface area (Å²) in [4.78, 5) is 36.6. The van der Waals surface area contributed by atoms with E-state index in [1.54, 1.807) is 11.4 Å². The Kier molecular flexibility index (Phi) is 5.20. The van der Waals surface area contributed by atoms with E-state index in [9.17, 15) is 19.5 Å². The van der Waals surface area contributed by atoms with E-state index in [0.29, 0.717) is 18.4 Å². The maximum atomic E-state index is 12.3. The van der Waals surface area contributed by atoms with Crippen LogP contribution in [0.25, 0.3) is 0 Å². The number of hydrogen-bond donors (Lipinski definition) is 3. The lowest BCUT2D eigenvalue weighted by atomic mass is 9.76. The van der Waals surface area contributed by atoms with Gasteiger partial charge in [-0.25, -0.2) is 0 Å². The van der Waals surface area contributed by atoms with Crippen molar-refractivity contribution in [2.45, 2.75) is 33.6 Å². The minimum atomic E-state index is -0.989. The highest BCUT2D eigenvalue weighted by Crippen LogP contribution is 2.34. The second-order valence-corrected chi connectivity index (χ2v) is 7.02. The summed E-state index contributed by atoms with van der Waals surface area (Å²) in [7, 11) is 0. The van der Waals surface area contributed by atoms with Crippen molar-refractivity contribution in [3.63, 3.8) is 0 Å². The van der Waals surface area contributed by atoms with Gasteiger partial charge in [0.05, 0.1) is 17.4 Å². The van der Waals surface area contributed by atoms with E-state index in [1.165, 1.54) is 11.3 Å². The molecule has 1 aromatic rings. The van der Waals surface area contributed by atoms with Gasteiger partial charge in [0.25, 0.3) is 5.91 Å². The molecule has 0 bridgehead atoms. The number of allylic oxidation sites excluding steroid dienone is 2. The molecule has 0 aliphatic heterocycles. The number of rotatable bonds is 3. The third kappa shape index (κ3) is 3.98. The Hall–Kier alpha value is -2.15. The Morgan fingerprint density at radius 2 is 1.70 bits per heavy atom. The molecule has 7 heteroatoms. The van der Waals surface area contributed by atoms with Gasteiger partial charge >= 0.3 is 5.97 Å². The highest BCUT2D eigenvalue weighted by atomic mass is 32.1. The molecule has 0 aromatic carbocycles. The number of amides is 2. The van der Waals surface area contributed by atoms with Crippen molar-refractivity contribution in [2.24, 2.45) is 11.8 Å². The smallest absolute Gasteiger partial charge is 0.307 e. The van der Waals surface area contributed by atoms with Crippen LogP contribution in [0.5, 0.6) is 0 Å². The van der Waals surface area contributed by atoms with Crippen molar-refractivity contribution >= 4 is 29.1 Å².